The molecule has 1 aromatic rings. The molecule has 1 aromatic heterocycles. The number of likely N-dealkylation sites (N-methyl/N-ethyl adjacent to an activating group) is 1. The number of hydrogen-bond donors (Lipinski definition) is 1. The minimum Gasteiger partial charge on any atom is -0.391 e. The normalized spacial score (nSPS) is 24.1. The van der Waals surface area contributed by atoms with Crippen LogP contribution in [0, 0.1) is 12.3 Å². The monoisotopic (exact) mass is 247 g/mol. The number of nitrogens with zero attached hydrogens (tertiary/aromatic N) is 3. The van der Waals surface area contributed by atoms with Crippen molar-refractivity contribution in [2.75, 3.05) is 7.05 Å². The summed E-state index contributed by atoms with van der Waals surface area (Å²) in [6, 6.07) is 0.273. The highest BCUT2D eigenvalue weighted by Gasteiger charge is 2.26. The molecule has 0 aliphatic heterocycles. The molecule has 2 atom stereocenters. The van der Waals surface area contributed by atoms with Gasteiger partial charge < -0.3 is 5.11 Å². The first-order valence-electron chi connectivity index (χ1n) is 6.54. The number of terminal acetylenes is 1. The van der Waals surface area contributed by atoms with Crippen molar-refractivity contribution in [3.63, 3.8) is 0 Å². The van der Waals surface area contributed by atoms with Gasteiger partial charge in [-0.1, -0.05) is 18.8 Å². The van der Waals surface area contributed by atoms with Gasteiger partial charge in [0.2, 0.25) is 0 Å². The SMILES string of the molecule is C#CCn1cc(CN(C)C2CCCCC2O)cn1. The summed E-state index contributed by atoms with van der Waals surface area (Å²) in [5.74, 6) is 2.57. The third kappa shape index (κ3) is 3.12. The van der Waals surface area contributed by atoms with Crippen molar-refractivity contribution in [2.24, 2.45) is 0 Å². The van der Waals surface area contributed by atoms with Crippen LogP contribution >= 0.6 is 0 Å². The molecule has 4 heteroatoms. The summed E-state index contributed by atoms with van der Waals surface area (Å²) >= 11 is 0. The Balaban J connectivity index is 1.93. The second kappa shape index (κ2) is 6.03. The van der Waals surface area contributed by atoms with E-state index < -0.39 is 0 Å². The maximum atomic E-state index is 10.0. The van der Waals surface area contributed by atoms with Gasteiger partial charge in [-0.15, -0.1) is 6.42 Å². The van der Waals surface area contributed by atoms with E-state index in [4.69, 9.17) is 6.42 Å². The Hall–Kier alpha value is -1.31. The van der Waals surface area contributed by atoms with E-state index in [-0.39, 0.29) is 12.1 Å². The molecule has 18 heavy (non-hydrogen) atoms. The van der Waals surface area contributed by atoms with Gasteiger partial charge >= 0.3 is 0 Å². The number of aromatic nitrogens is 2. The molecule has 0 aromatic carbocycles. The third-order valence-electron chi connectivity index (χ3n) is 3.63. The fraction of sp³-hybridized carbons (Fsp3) is 0.643. The average Bonchev–Trinajstić information content (AvgIpc) is 2.77. The maximum absolute atomic E-state index is 10.0. The number of aliphatic hydroxyl groups excluding tert-OH is 1. The molecule has 1 N–H and O–H groups in total. The van der Waals surface area contributed by atoms with E-state index in [0.29, 0.717) is 6.54 Å². The summed E-state index contributed by atoms with van der Waals surface area (Å²) < 4.78 is 1.76. The van der Waals surface area contributed by atoms with Gasteiger partial charge in [-0.25, -0.2) is 0 Å². The third-order valence-corrected chi connectivity index (χ3v) is 3.63. The van der Waals surface area contributed by atoms with E-state index in [1.54, 1.807) is 4.68 Å². The van der Waals surface area contributed by atoms with Gasteiger partial charge in [0.05, 0.1) is 12.3 Å². The van der Waals surface area contributed by atoms with E-state index in [1.165, 1.54) is 6.42 Å². The summed E-state index contributed by atoms with van der Waals surface area (Å²) in [6.07, 6.45) is 13.2. The lowest BCUT2D eigenvalue weighted by Crippen LogP contribution is -2.42. The largest absolute Gasteiger partial charge is 0.391 e. The van der Waals surface area contributed by atoms with Crippen LogP contribution in [-0.4, -0.2) is 39.0 Å². The Kier molecular flexibility index (Phi) is 4.40. The van der Waals surface area contributed by atoms with Crippen molar-refractivity contribution in [1.82, 2.24) is 14.7 Å². The summed E-state index contributed by atoms with van der Waals surface area (Å²) in [6.45, 7) is 1.32. The van der Waals surface area contributed by atoms with Gasteiger partial charge in [-0.05, 0) is 19.9 Å². The van der Waals surface area contributed by atoms with Gasteiger partial charge in [0.15, 0.2) is 0 Å². The predicted octanol–water partition coefficient (Wildman–Crippen LogP) is 1.25. The molecule has 4 nitrogen and oxygen atoms in total. The van der Waals surface area contributed by atoms with Gasteiger partial charge in [-0.2, -0.15) is 5.10 Å². The predicted molar refractivity (Wildman–Crippen MR) is 70.8 cm³/mol. The van der Waals surface area contributed by atoms with Crippen molar-refractivity contribution in [1.29, 1.82) is 0 Å². The smallest absolute Gasteiger partial charge is 0.101 e. The van der Waals surface area contributed by atoms with Gasteiger partial charge in [0.25, 0.3) is 0 Å². The van der Waals surface area contributed by atoms with Crippen molar-refractivity contribution in [3.8, 4) is 12.3 Å². The molecule has 1 aliphatic rings. The van der Waals surface area contributed by atoms with E-state index in [1.807, 2.05) is 12.4 Å². The summed E-state index contributed by atoms with van der Waals surface area (Å²) in [5, 5.41) is 14.2. The number of rotatable bonds is 4. The molecule has 0 bridgehead atoms. The first-order valence-corrected chi connectivity index (χ1v) is 6.54. The lowest BCUT2D eigenvalue weighted by molar-refractivity contribution is 0.0288. The first kappa shape index (κ1) is 13.1. The van der Waals surface area contributed by atoms with Crippen LogP contribution in [0.25, 0.3) is 0 Å². The standard InChI is InChI=1S/C14H21N3O/c1-3-8-17-11-12(9-15-17)10-16(2)13-6-4-5-7-14(13)18/h1,9,11,13-14,18H,4-8,10H2,2H3. The van der Waals surface area contributed by atoms with Crippen LogP contribution in [0.3, 0.4) is 0 Å². The van der Waals surface area contributed by atoms with Crippen LogP contribution in [0.2, 0.25) is 0 Å². The second-order valence-electron chi connectivity index (χ2n) is 5.08. The minimum absolute atomic E-state index is 0.190. The highest BCUT2D eigenvalue weighted by atomic mass is 16.3. The topological polar surface area (TPSA) is 41.3 Å². The molecule has 1 aliphatic carbocycles. The van der Waals surface area contributed by atoms with Gasteiger partial charge in [0.1, 0.15) is 6.54 Å². The molecule has 2 unspecified atom stereocenters. The molecule has 2 rings (SSSR count). The zero-order valence-electron chi connectivity index (χ0n) is 10.9. The lowest BCUT2D eigenvalue weighted by Gasteiger charge is -2.34. The fourth-order valence-electron chi connectivity index (χ4n) is 2.68. The number of aliphatic hydroxyl groups is 1. The molecule has 0 amide bonds. The van der Waals surface area contributed by atoms with Crippen molar-refractivity contribution >= 4 is 0 Å². The van der Waals surface area contributed by atoms with Gasteiger partial charge in [0, 0.05) is 24.3 Å². The molecule has 1 saturated carbocycles. The van der Waals surface area contributed by atoms with Crippen LogP contribution in [0.4, 0.5) is 0 Å². The first-order chi connectivity index (χ1) is 8.70. The quantitative estimate of drug-likeness (QED) is 0.814. The summed E-state index contributed by atoms with van der Waals surface area (Å²) in [4.78, 5) is 2.22. The molecule has 0 spiro atoms. The Morgan fingerprint density at radius 3 is 3.06 bits per heavy atom. The van der Waals surface area contributed by atoms with E-state index >= 15 is 0 Å². The molecular weight excluding hydrogens is 226 g/mol. The second-order valence-corrected chi connectivity index (χ2v) is 5.08. The molecular formula is C14H21N3O. The van der Waals surface area contributed by atoms with Crippen LogP contribution in [0.1, 0.15) is 31.2 Å². The zero-order chi connectivity index (χ0) is 13.0. The number of hydrogen-bond acceptors (Lipinski definition) is 3. The lowest BCUT2D eigenvalue weighted by atomic mass is 9.91. The van der Waals surface area contributed by atoms with E-state index in [9.17, 15) is 5.11 Å². The van der Waals surface area contributed by atoms with Crippen molar-refractivity contribution < 1.29 is 5.11 Å². The molecule has 1 heterocycles. The minimum atomic E-state index is -0.190. The Morgan fingerprint density at radius 1 is 1.56 bits per heavy atom. The highest BCUT2D eigenvalue weighted by molar-refractivity contribution is 5.05. The highest BCUT2D eigenvalue weighted by Crippen LogP contribution is 2.23. The zero-order valence-corrected chi connectivity index (χ0v) is 10.9. The van der Waals surface area contributed by atoms with Crippen LogP contribution < -0.4 is 0 Å². The average molecular weight is 247 g/mol. The molecule has 98 valence electrons. The molecule has 1 fully saturated rings. The van der Waals surface area contributed by atoms with Crippen LogP contribution in [-0.2, 0) is 13.1 Å². The molecule has 0 radical (unpaired) electrons. The summed E-state index contributed by atoms with van der Waals surface area (Å²) in [5.41, 5.74) is 1.14. The fourth-order valence-corrected chi connectivity index (χ4v) is 2.68. The Morgan fingerprint density at radius 2 is 2.33 bits per heavy atom. The Labute approximate surface area is 109 Å². The molecule has 0 saturated heterocycles. The van der Waals surface area contributed by atoms with Crippen LogP contribution in [0.15, 0.2) is 12.4 Å². The van der Waals surface area contributed by atoms with Crippen molar-refractivity contribution in [2.45, 2.75) is 50.9 Å². The maximum Gasteiger partial charge on any atom is 0.101 e. The van der Waals surface area contributed by atoms with E-state index in [2.05, 4.69) is 23.0 Å². The van der Waals surface area contributed by atoms with Gasteiger partial charge in [-0.3, -0.25) is 9.58 Å². The van der Waals surface area contributed by atoms with E-state index in [0.717, 1.165) is 31.4 Å². The van der Waals surface area contributed by atoms with Crippen molar-refractivity contribution in [3.05, 3.63) is 18.0 Å². The van der Waals surface area contributed by atoms with Crippen LogP contribution in [0.5, 0.6) is 0 Å². The Bertz CT molecular complexity index is 421. The summed E-state index contributed by atoms with van der Waals surface area (Å²) in [7, 11) is 2.07.